The molecule has 1 aromatic rings. The number of alkyl halides is 3. The highest BCUT2D eigenvalue weighted by Crippen LogP contribution is 2.41. The van der Waals surface area contributed by atoms with Gasteiger partial charge < -0.3 is 15.6 Å². The number of hydrogen-bond acceptors (Lipinski definition) is 4. The van der Waals surface area contributed by atoms with Gasteiger partial charge in [0.15, 0.2) is 0 Å². The third kappa shape index (κ3) is 3.16. The van der Waals surface area contributed by atoms with Crippen molar-refractivity contribution in [1.29, 1.82) is 0 Å². The molecule has 0 aromatic carbocycles. The molecule has 0 aliphatic carbocycles. The van der Waals surface area contributed by atoms with Crippen LogP contribution in [0, 0.1) is 0 Å². The Morgan fingerprint density at radius 2 is 1.84 bits per heavy atom. The van der Waals surface area contributed by atoms with E-state index in [0.717, 1.165) is 19.2 Å². The van der Waals surface area contributed by atoms with Crippen LogP contribution in [-0.4, -0.2) is 28.4 Å². The van der Waals surface area contributed by atoms with E-state index in [9.17, 15) is 18.3 Å². The van der Waals surface area contributed by atoms with Crippen molar-refractivity contribution in [3.63, 3.8) is 0 Å². The molecule has 0 amide bonds. The van der Waals surface area contributed by atoms with Crippen LogP contribution in [0.25, 0.3) is 0 Å². The highest BCUT2D eigenvalue weighted by molar-refractivity contribution is 5.31. The molecule has 2 atom stereocenters. The summed E-state index contributed by atoms with van der Waals surface area (Å²) in [5.74, 6) is 0.149. The minimum atomic E-state index is -4.90. The maximum absolute atomic E-state index is 13.0. The minimum Gasteiger partial charge on any atom is -0.489 e. The molecular formula is C12H17F3N2O2. The highest BCUT2D eigenvalue weighted by Gasteiger charge is 2.57. The van der Waals surface area contributed by atoms with Gasteiger partial charge in [0.2, 0.25) is 5.60 Å². The summed E-state index contributed by atoms with van der Waals surface area (Å²) in [7, 11) is 0. The Labute approximate surface area is 109 Å². The van der Waals surface area contributed by atoms with Crippen LogP contribution in [0.4, 0.5) is 13.2 Å². The average molecular weight is 278 g/mol. The summed E-state index contributed by atoms with van der Waals surface area (Å²) in [6.45, 7) is 4.55. The van der Waals surface area contributed by atoms with Crippen LogP contribution in [0.5, 0.6) is 5.75 Å². The van der Waals surface area contributed by atoms with Gasteiger partial charge in [0.05, 0.1) is 12.3 Å². The first kappa shape index (κ1) is 15.7. The predicted molar refractivity (Wildman–Crippen MR) is 63.6 cm³/mol. The molecule has 19 heavy (non-hydrogen) atoms. The molecule has 2 unspecified atom stereocenters. The molecule has 1 aromatic heterocycles. The molecule has 0 aliphatic rings. The smallest absolute Gasteiger partial charge is 0.423 e. The van der Waals surface area contributed by atoms with Crippen molar-refractivity contribution in [2.24, 2.45) is 5.73 Å². The molecule has 0 saturated heterocycles. The van der Waals surface area contributed by atoms with Crippen molar-refractivity contribution in [2.75, 3.05) is 0 Å². The Kier molecular flexibility index (Phi) is 4.42. The van der Waals surface area contributed by atoms with E-state index in [2.05, 4.69) is 4.98 Å². The van der Waals surface area contributed by atoms with E-state index in [1.807, 2.05) is 0 Å². The fourth-order valence-corrected chi connectivity index (χ4v) is 1.65. The molecule has 108 valence electrons. The van der Waals surface area contributed by atoms with E-state index in [-0.39, 0.29) is 11.9 Å². The van der Waals surface area contributed by atoms with Gasteiger partial charge in [0.1, 0.15) is 5.75 Å². The van der Waals surface area contributed by atoms with E-state index in [0.29, 0.717) is 0 Å². The molecule has 0 bridgehead atoms. The molecule has 1 heterocycles. The summed E-state index contributed by atoms with van der Waals surface area (Å²) in [6, 6.07) is -0.437. The number of pyridine rings is 1. The minimum absolute atomic E-state index is 0.149. The lowest BCUT2D eigenvalue weighted by atomic mass is 9.88. The van der Waals surface area contributed by atoms with Crippen molar-refractivity contribution in [3.05, 3.63) is 24.0 Å². The van der Waals surface area contributed by atoms with Crippen LogP contribution in [0.15, 0.2) is 18.5 Å². The first-order valence-electron chi connectivity index (χ1n) is 5.76. The summed E-state index contributed by atoms with van der Waals surface area (Å²) in [5.41, 5.74) is 1.71. The SMILES string of the molecule is CC(C)Oc1cncc(C(O)(C(C)N)C(F)(F)F)c1. The lowest BCUT2D eigenvalue weighted by Crippen LogP contribution is -2.54. The Hall–Kier alpha value is -1.34. The number of rotatable bonds is 4. The van der Waals surface area contributed by atoms with Crippen LogP contribution in [0.1, 0.15) is 26.3 Å². The Bertz CT molecular complexity index is 435. The van der Waals surface area contributed by atoms with Gasteiger partial charge in [-0.15, -0.1) is 0 Å². The van der Waals surface area contributed by atoms with E-state index in [1.165, 1.54) is 6.20 Å². The molecule has 0 aliphatic heterocycles. The topological polar surface area (TPSA) is 68.4 Å². The van der Waals surface area contributed by atoms with E-state index in [1.54, 1.807) is 13.8 Å². The van der Waals surface area contributed by atoms with Crippen molar-refractivity contribution >= 4 is 0 Å². The van der Waals surface area contributed by atoms with Crippen molar-refractivity contribution in [2.45, 2.75) is 44.7 Å². The molecule has 3 N–H and O–H groups in total. The van der Waals surface area contributed by atoms with Gasteiger partial charge >= 0.3 is 6.18 Å². The fourth-order valence-electron chi connectivity index (χ4n) is 1.65. The Balaban J connectivity index is 3.25. The van der Waals surface area contributed by atoms with Crippen LogP contribution < -0.4 is 10.5 Å². The molecule has 1 rings (SSSR count). The summed E-state index contributed by atoms with van der Waals surface area (Å²) in [5, 5.41) is 9.91. The number of ether oxygens (including phenoxy) is 1. The van der Waals surface area contributed by atoms with Gasteiger partial charge in [-0.3, -0.25) is 4.98 Å². The zero-order valence-corrected chi connectivity index (χ0v) is 10.9. The number of nitrogens with two attached hydrogens (primary N) is 1. The van der Waals surface area contributed by atoms with Gasteiger partial charge in [-0.25, -0.2) is 0 Å². The van der Waals surface area contributed by atoms with Crippen LogP contribution in [0.3, 0.4) is 0 Å². The van der Waals surface area contributed by atoms with Crippen LogP contribution >= 0.6 is 0 Å². The van der Waals surface area contributed by atoms with Crippen LogP contribution in [0.2, 0.25) is 0 Å². The molecule has 4 nitrogen and oxygen atoms in total. The highest BCUT2D eigenvalue weighted by atomic mass is 19.4. The third-order valence-electron chi connectivity index (χ3n) is 2.62. The number of hydrogen-bond donors (Lipinski definition) is 2. The molecule has 0 saturated carbocycles. The first-order valence-corrected chi connectivity index (χ1v) is 5.76. The largest absolute Gasteiger partial charge is 0.489 e. The zero-order valence-electron chi connectivity index (χ0n) is 10.9. The molecule has 0 fully saturated rings. The van der Waals surface area contributed by atoms with Crippen molar-refractivity contribution in [3.8, 4) is 5.75 Å². The molecule has 7 heteroatoms. The first-order chi connectivity index (χ1) is 8.59. The number of aromatic nitrogens is 1. The van der Waals surface area contributed by atoms with E-state index >= 15 is 0 Å². The Morgan fingerprint density at radius 1 is 1.26 bits per heavy atom. The molecule has 0 radical (unpaired) electrons. The summed E-state index contributed by atoms with van der Waals surface area (Å²) in [6.07, 6.45) is -2.91. The number of halogens is 3. The summed E-state index contributed by atoms with van der Waals surface area (Å²) in [4.78, 5) is 3.66. The van der Waals surface area contributed by atoms with E-state index in [4.69, 9.17) is 10.5 Å². The predicted octanol–water partition coefficient (Wildman–Crippen LogP) is 1.97. The van der Waals surface area contributed by atoms with Gasteiger partial charge in [-0.05, 0) is 26.8 Å². The monoisotopic (exact) mass is 278 g/mol. The average Bonchev–Trinajstić information content (AvgIpc) is 2.25. The van der Waals surface area contributed by atoms with Crippen molar-refractivity contribution in [1.82, 2.24) is 4.98 Å². The van der Waals surface area contributed by atoms with E-state index < -0.39 is 23.4 Å². The Morgan fingerprint density at radius 3 is 2.26 bits per heavy atom. The summed E-state index contributed by atoms with van der Waals surface area (Å²) >= 11 is 0. The summed E-state index contributed by atoms with van der Waals surface area (Å²) < 4.78 is 44.4. The van der Waals surface area contributed by atoms with Crippen LogP contribution in [-0.2, 0) is 5.60 Å². The second kappa shape index (κ2) is 5.34. The molecule has 0 spiro atoms. The maximum atomic E-state index is 13.0. The lowest BCUT2D eigenvalue weighted by molar-refractivity contribution is -0.273. The normalized spacial score (nSPS) is 17.1. The second-order valence-corrected chi connectivity index (χ2v) is 4.63. The molecular weight excluding hydrogens is 261 g/mol. The zero-order chi connectivity index (χ0) is 14.8. The lowest BCUT2D eigenvalue weighted by Gasteiger charge is -2.34. The van der Waals surface area contributed by atoms with Gasteiger partial charge in [0, 0.05) is 17.8 Å². The van der Waals surface area contributed by atoms with Gasteiger partial charge in [-0.2, -0.15) is 13.2 Å². The van der Waals surface area contributed by atoms with Gasteiger partial charge in [-0.1, -0.05) is 0 Å². The standard InChI is InChI=1S/C12H17F3N2O2/c1-7(2)19-10-4-9(5-17-6-10)11(18,8(3)16)12(13,14)15/h4-8,18H,16H2,1-3H3. The van der Waals surface area contributed by atoms with Gasteiger partial charge in [0.25, 0.3) is 0 Å². The number of aliphatic hydroxyl groups is 1. The number of nitrogens with zero attached hydrogens (tertiary/aromatic N) is 1. The fraction of sp³-hybridized carbons (Fsp3) is 0.583. The maximum Gasteiger partial charge on any atom is 0.423 e. The quantitative estimate of drug-likeness (QED) is 0.883. The second-order valence-electron chi connectivity index (χ2n) is 4.63. The third-order valence-corrected chi connectivity index (χ3v) is 2.62. The van der Waals surface area contributed by atoms with Crippen molar-refractivity contribution < 1.29 is 23.0 Å².